The van der Waals surface area contributed by atoms with Crippen LogP contribution in [0.3, 0.4) is 0 Å². The molecule has 0 heterocycles. The SMILES string of the molecule is CC/C=C\C/C=C\C/C=C\C/C=C\CCCCC(=O)OC(COC(=O)CCCCCCC/C=C\CCCCCCCC)COC(=O)CCCCCCCCCCCCC/C=C\CCCCCCCCCC. The van der Waals surface area contributed by atoms with Gasteiger partial charge in [0.05, 0.1) is 0 Å². The van der Waals surface area contributed by atoms with Crippen LogP contribution in [0.2, 0.25) is 0 Å². The van der Waals surface area contributed by atoms with Crippen LogP contribution in [0.1, 0.15) is 303 Å². The second-order valence-electron chi connectivity index (χ2n) is 20.2. The third-order valence-corrected chi connectivity index (χ3v) is 13.2. The highest BCUT2D eigenvalue weighted by Gasteiger charge is 2.19. The smallest absolute Gasteiger partial charge is 0.306 e. The number of rotatable bonds is 55. The summed E-state index contributed by atoms with van der Waals surface area (Å²) in [6.45, 7) is 6.50. The van der Waals surface area contributed by atoms with Crippen LogP contribution in [0, 0.1) is 0 Å². The van der Waals surface area contributed by atoms with Crippen LogP contribution < -0.4 is 0 Å². The molecular formula is C65H114O6. The molecule has 0 fully saturated rings. The van der Waals surface area contributed by atoms with E-state index in [1.165, 1.54) is 173 Å². The molecule has 6 heteroatoms. The van der Waals surface area contributed by atoms with Crippen molar-refractivity contribution in [2.45, 2.75) is 309 Å². The first-order valence-electron chi connectivity index (χ1n) is 30.4. The van der Waals surface area contributed by atoms with Crippen molar-refractivity contribution in [3.8, 4) is 0 Å². The second-order valence-corrected chi connectivity index (χ2v) is 20.2. The van der Waals surface area contributed by atoms with Crippen molar-refractivity contribution < 1.29 is 28.6 Å². The van der Waals surface area contributed by atoms with Gasteiger partial charge in [0.2, 0.25) is 0 Å². The van der Waals surface area contributed by atoms with Gasteiger partial charge in [-0.2, -0.15) is 0 Å². The third kappa shape index (κ3) is 57.6. The molecule has 6 nitrogen and oxygen atoms in total. The van der Waals surface area contributed by atoms with Crippen LogP contribution in [0.4, 0.5) is 0 Å². The Morgan fingerprint density at radius 1 is 0.296 bits per heavy atom. The van der Waals surface area contributed by atoms with Gasteiger partial charge in [-0.3, -0.25) is 14.4 Å². The average molecular weight is 992 g/mol. The van der Waals surface area contributed by atoms with Crippen molar-refractivity contribution in [1.82, 2.24) is 0 Å². The zero-order valence-electron chi connectivity index (χ0n) is 47.0. The maximum Gasteiger partial charge on any atom is 0.306 e. The lowest BCUT2D eigenvalue weighted by atomic mass is 10.0. The summed E-state index contributed by atoms with van der Waals surface area (Å²) in [5, 5.41) is 0. The molecular weight excluding hydrogens is 877 g/mol. The Kier molecular flexibility index (Phi) is 56.8. The van der Waals surface area contributed by atoms with E-state index >= 15 is 0 Å². The van der Waals surface area contributed by atoms with E-state index in [2.05, 4.69) is 93.7 Å². The fraction of sp³-hybridized carbons (Fsp3) is 0.769. The van der Waals surface area contributed by atoms with Crippen LogP contribution in [0.5, 0.6) is 0 Å². The minimum absolute atomic E-state index is 0.0940. The number of carbonyl (C=O) groups excluding carboxylic acids is 3. The van der Waals surface area contributed by atoms with Crippen molar-refractivity contribution in [3.63, 3.8) is 0 Å². The molecule has 0 radical (unpaired) electrons. The summed E-state index contributed by atoms with van der Waals surface area (Å²) in [5.74, 6) is -0.935. The predicted octanol–water partition coefficient (Wildman–Crippen LogP) is 20.5. The number of allylic oxidation sites excluding steroid dienone is 12. The summed E-state index contributed by atoms with van der Waals surface area (Å²) in [4.78, 5) is 38.2. The van der Waals surface area contributed by atoms with Crippen molar-refractivity contribution >= 4 is 17.9 Å². The maximum absolute atomic E-state index is 12.8. The van der Waals surface area contributed by atoms with E-state index in [0.717, 1.165) is 83.5 Å². The minimum Gasteiger partial charge on any atom is -0.462 e. The molecule has 0 aromatic carbocycles. The van der Waals surface area contributed by atoms with E-state index in [1.54, 1.807) is 0 Å². The van der Waals surface area contributed by atoms with Gasteiger partial charge in [-0.25, -0.2) is 0 Å². The molecule has 0 rings (SSSR count). The number of carbonyl (C=O) groups is 3. The monoisotopic (exact) mass is 991 g/mol. The van der Waals surface area contributed by atoms with Crippen LogP contribution in [-0.4, -0.2) is 37.2 Å². The summed E-state index contributed by atoms with van der Waals surface area (Å²) in [6.07, 6.45) is 76.2. The van der Waals surface area contributed by atoms with E-state index < -0.39 is 6.10 Å². The van der Waals surface area contributed by atoms with Gasteiger partial charge in [-0.05, 0) is 109 Å². The third-order valence-electron chi connectivity index (χ3n) is 13.2. The van der Waals surface area contributed by atoms with E-state index in [-0.39, 0.29) is 37.5 Å². The molecule has 0 aliphatic rings. The predicted molar refractivity (Wildman–Crippen MR) is 307 cm³/mol. The van der Waals surface area contributed by atoms with Crippen LogP contribution in [0.15, 0.2) is 72.9 Å². The molecule has 0 aromatic heterocycles. The normalized spacial score (nSPS) is 12.5. The summed E-state index contributed by atoms with van der Waals surface area (Å²) < 4.78 is 16.9. The van der Waals surface area contributed by atoms with Crippen molar-refractivity contribution in [3.05, 3.63) is 72.9 Å². The van der Waals surface area contributed by atoms with Gasteiger partial charge in [0, 0.05) is 19.3 Å². The molecule has 410 valence electrons. The Hall–Kier alpha value is -3.15. The average Bonchev–Trinajstić information content (AvgIpc) is 3.37. The van der Waals surface area contributed by atoms with Crippen LogP contribution >= 0.6 is 0 Å². The first kappa shape index (κ1) is 67.8. The van der Waals surface area contributed by atoms with Gasteiger partial charge < -0.3 is 14.2 Å². The summed E-state index contributed by atoms with van der Waals surface area (Å²) in [6, 6.07) is 0. The first-order valence-corrected chi connectivity index (χ1v) is 30.4. The Bertz CT molecular complexity index is 1320. The van der Waals surface area contributed by atoms with Gasteiger partial charge in [-0.15, -0.1) is 0 Å². The van der Waals surface area contributed by atoms with E-state index in [4.69, 9.17) is 14.2 Å². The van der Waals surface area contributed by atoms with Crippen molar-refractivity contribution in [2.24, 2.45) is 0 Å². The highest BCUT2D eigenvalue weighted by atomic mass is 16.6. The Labute approximate surface area is 440 Å². The van der Waals surface area contributed by atoms with Crippen molar-refractivity contribution in [1.29, 1.82) is 0 Å². The van der Waals surface area contributed by atoms with Gasteiger partial charge in [0.15, 0.2) is 6.10 Å². The minimum atomic E-state index is -0.801. The molecule has 1 unspecified atom stereocenters. The fourth-order valence-electron chi connectivity index (χ4n) is 8.60. The summed E-state index contributed by atoms with van der Waals surface area (Å²) >= 11 is 0. The molecule has 0 aromatic rings. The molecule has 0 amide bonds. The molecule has 0 aliphatic heterocycles. The largest absolute Gasteiger partial charge is 0.462 e. The van der Waals surface area contributed by atoms with Gasteiger partial charge in [0.1, 0.15) is 13.2 Å². The summed E-state index contributed by atoms with van der Waals surface area (Å²) in [5.41, 5.74) is 0. The lowest BCUT2D eigenvalue weighted by Crippen LogP contribution is -2.30. The number of hydrogen-bond donors (Lipinski definition) is 0. The molecule has 0 spiro atoms. The number of unbranched alkanes of at least 4 members (excludes halogenated alkanes) is 32. The Morgan fingerprint density at radius 3 is 0.901 bits per heavy atom. The van der Waals surface area contributed by atoms with Crippen LogP contribution in [-0.2, 0) is 28.6 Å². The molecule has 0 N–H and O–H groups in total. The van der Waals surface area contributed by atoms with Crippen LogP contribution in [0.25, 0.3) is 0 Å². The molecule has 0 saturated carbocycles. The molecule has 0 aliphatic carbocycles. The van der Waals surface area contributed by atoms with E-state index in [1.807, 2.05) is 0 Å². The highest BCUT2D eigenvalue weighted by Crippen LogP contribution is 2.16. The Balaban J connectivity index is 4.36. The van der Waals surface area contributed by atoms with E-state index in [9.17, 15) is 14.4 Å². The standard InChI is InChI=1S/C65H114O6/c1-4-7-10-13-16-19-22-25-28-29-30-31-32-33-34-35-38-40-43-46-49-52-55-58-64(67)70-61-62(71-65(68)59-56-53-50-47-44-41-37-27-24-21-18-15-12-9-6-3)60-69-63(66)57-54-51-48-45-42-39-36-26-23-20-17-14-11-8-5-2/h9,12,18,21,26-27,29-30,36-37,44,47,62H,4-8,10-11,13-17,19-20,22-25,28,31-35,38-43,45-46,48-61H2,1-3H3/b12-9-,21-18-,30-29-,36-26-,37-27-,47-44-. The highest BCUT2D eigenvalue weighted by molar-refractivity contribution is 5.71. The molecule has 0 saturated heterocycles. The lowest BCUT2D eigenvalue weighted by Gasteiger charge is -2.18. The fourth-order valence-corrected chi connectivity index (χ4v) is 8.60. The lowest BCUT2D eigenvalue weighted by molar-refractivity contribution is -0.167. The topological polar surface area (TPSA) is 78.9 Å². The second kappa shape index (κ2) is 59.4. The zero-order valence-corrected chi connectivity index (χ0v) is 47.0. The number of hydrogen-bond acceptors (Lipinski definition) is 6. The zero-order chi connectivity index (χ0) is 51.4. The molecule has 71 heavy (non-hydrogen) atoms. The molecule has 0 bridgehead atoms. The Morgan fingerprint density at radius 2 is 0.549 bits per heavy atom. The van der Waals surface area contributed by atoms with Gasteiger partial charge in [-0.1, -0.05) is 248 Å². The summed E-state index contributed by atoms with van der Waals surface area (Å²) in [7, 11) is 0. The van der Waals surface area contributed by atoms with Gasteiger partial charge in [0.25, 0.3) is 0 Å². The maximum atomic E-state index is 12.8. The van der Waals surface area contributed by atoms with E-state index in [0.29, 0.717) is 19.3 Å². The number of ether oxygens (including phenoxy) is 3. The first-order chi connectivity index (χ1) is 35.0. The van der Waals surface area contributed by atoms with Gasteiger partial charge >= 0.3 is 17.9 Å². The quantitative estimate of drug-likeness (QED) is 0.0261. The van der Waals surface area contributed by atoms with Crippen molar-refractivity contribution in [2.75, 3.05) is 13.2 Å². The molecule has 1 atom stereocenters. The number of esters is 3.